The lowest BCUT2D eigenvalue weighted by atomic mass is 9.80. The van der Waals surface area contributed by atoms with E-state index in [0.29, 0.717) is 16.6 Å². The smallest absolute Gasteiger partial charge is 0.252 e. The topological polar surface area (TPSA) is 87.8 Å². The molecule has 6 nitrogen and oxygen atoms in total. The van der Waals surface area contributed by atoms with Crippen LogP contribution in [0.2, 0.25) is 0 Å². The van der Waals surface area contributed by atoms with Crippen molar-refractivity contribution < 1.29 is 9.59 Å². The number of carbonyl (C=O) groups excluding carboxylic acids is 2. The van der Waals surface area contributed by atoms with Crippen LogP contribution in [0.5, 0.6) is 0 Å². The zero-order valence-electron chi connectivity index (χ0n) is 14.7. The number of azide groups is 1. The average molecular weight is 366 g/mol. The summed E-state index contributed by atoms with van der Waals surface area (Å²) in [6.07, 6.45) is 0.0118. The van der Waals surface area contributed by atoms with Crippen LogP contribution >= 0.6 is 0 Å². The molecule has 0 saturated carbocycles. The van der Waals surface area contributed by atoms with E-state index >= 15 is 0 Å². The van der Waals surface area contributed by atoms with Gasteiger partial charge in [0.15, 0.2) is 11.3 Å². The van der Waals surface area contributed by atoms with Gasteiger partial charge in [0.1, 0.15) is 0 Å². The van der Waals surface area contributed by atoms with Gasteiger partial charge in [-0.2, -0.15) is 0 Å². The number of rotatable bonds is 3. The Hall–Kier alpha value is -3.89. The molecule has 1 aromatic heterocycles. The van der Waals surface area contributed by atoms with Crippen LogP contribution in [0.15, 0.2) is 77.9 Å². The lowest BCUT2D eigenvalue weighted by molar-refractivity contribution is 0.0708. The number of aromatic nitrogens is 1. The average Bonchev–Trinajstić information content (AvgIpc) is 3.07. The highest BCUT2D eigenvalue weighted by molar-refractivity contribution is 6.32. The fraction of sp³-hybridized carbons (Fsp3) is 0.0909. The number of Topliss-reactive ketones (excluding diaryl/α,β-unsaturated/α-hetero) is 1. The number of hydrogen-bond donors (Lipinski definition) is 0. The lowest BCUT2D eigenvalue weighted by Crippen LogP contribution is -2.51. The Balaban J connectivity index is 1.87. The fourth-order valence-electron chi connectivity index (χ4n) is 4.16. The van der Waals surface area contributed by atoms with Gasteiger partial charge in [0, 0.05) is 27.7 Å². The van der Waals surface area contributed by atoms with Gasteiger partial charge in [-0.05, 0) is 23.2 Å². The number of nitrogens with zero attached hydrogens (tertiary/aromatic N) is 4. The molecule has 0 aliphatic carbocycles. The SMILES string of the molecule is [N-]=[N+]=NC1(Cc2ccccc2)C(=O)c2cccc3c4ccccc4n(c23)C1=O. The van der Waals surface area contributed by atoms with Crippen LogP contribution in [0, 0.1) is 0 Å². The van der Waals surface area contributed by atoms with E-state index in [0.717, 1.165) is 16.3 Å². The summed E-state index contributed by atoms with van der Waals surface area (Å²) in [5.41, 5.74) is 9.83. The van der Waals surface area contributed by atoms with Crippen molar-refractivity contribution in [2.24, 2.45) is 5.11 Å². The summed E-state index contributed by atoms with van der Waals surface area (Å²) >= 11 is 0. The number of para-hydroxylation sites is 2. The van der Waals surface area contributed by atoms with Crippen LogP contribution in [-0.2, 0) is 6.42 Å². The molecule has 1 atom stereocenters. The monoisotopic (exact) mass is 366 g/mol. The summed E-state index contributed by atoms with van der Waals surface area (Å²) in [6, 6.07) is 22.0. The second-order valence-electron chi connectivity index (χ2n) is 6.90. The standard InChI is InChI=1S/C22H14N4O2/c23-25-24-22(13-14-7-2-1-3-8-14)20(27)17-11-6-10-16-15-9-4-5-12-18(15)26(19(16)17)21(22)28/h1-12H,13H2. The quantitative estimate of drug-likeness (QED) is 0.223. The molecule has 3 aromatic carbocycles. The Morgan fingerprint density at radius 3 is 2.39 bits per heavy atom. The third-order valence-corrected chi connectivity index (χ3v) is 5.39. The number of carbonyl (C=O) groups is 2. The van der Waals surface area contributed by atoms with E-state index in [1.165, 1.54) is 0 Å². The maximum atomic E-state index is 13.7. The first-order valence-electron chi connectivity index (χ1n) is 8.89. The highest BCUT2D eigenvalue weighted by Gasteiger charge is 2.51. The van der Waals surface area contributed by atoms with Crippen LogP contribution in [0.25, 0.3) is 32.2 Å². The zero-order chi connectivity index (χ0) is 19.3. The van der Waals surface area contributed by atoms with Crippen molar-refractivity contribution >= 4 is 33.5 Å². The normalized spacial score (nSPS) is 18.4. The number of hydrogen-bond acceptors (Lipinski definition) is 3. The molecule has 1 aliphatic heterocycles. The summed E-state index contributed by atoms with van der Waals surface area (Å²) in [4.78, 5) is 30.1. The van der Waals surface area contributed by atoms with Gasteiger partial charge in [-0.1, -0.05) is 65.8 Å². The summed E-state index contributed by atoms with van der Waals surface area (Å²) < 4.78 is 1.54. The van der Waals surface area contributed by atoms with E-state index in [-0.39, 0.29) is 6.42 Å². The molecule has 0 amide bonds. The Morgan fingerprint density at radius 2 is 1.61 bits per heavy atom. The molecular formula is C22H14N4O2. The van der Waals surface area contributed by atoms with Crippen molar-refractivity contribution in [1.82, 2.24) is 4.57 Å². The minimum Gasteiger partial charge on any atom is -0.293 e. The minimum absolute atomic E-state index is 0.0118. The molecule has 6 heteroatoms. The van der Waals surface area contributed by atoms with Crippen LogP contribution in [0.4, 0.5) is 0 Å². The minimum atomic E-state index is -1.85. The highest BCUT2D eigenvalue weighted by atomic mass is 16.2. The van der Waals surface area contributed by atoms with Crippen molar-refractivity contribution in [1.29, 1.82) is 0 Å². The van der Waals surface area contributed by atoms with Gasteiger partial charge in [0.25, 0.3) is 5.91 Å². The number of ketones is 1. The third kappa shape index (κ3) is 2.00. The first kappa shape index (κ1) is 16.3. The summed E-state index contributed by atoms with van der Waals surface area (Å²) in [5.74, 6) is -0.968. The maximum absolute atomic E-state index is 13.7. The van der Waals surface area contributed by atoms with Gasteiger partial charge in [-0.25, -0.2) is 0 Å². The van der Waals surface area contributed by atoms with Gasteiger partial charge in [-0.15, -0.1) is 0 Å². The van der Waals surface area contributed by atoms with Crippen LogP contribution in [0.1, 0.15) is 20.7 Å². The van der Waals surface area contributed by atoms with Crippen molar-refractivity contribution in [2.75, 3.05) is 0 Å². The lowest BCUT2D eigenvalue weighted by Gasteiger charge is -2.31. The fourth-order valence-corrected chi connectivity index (χ4v) is 4.16. The van der Waals surface area contributed by atoms with Gasteiger partial charge in [-0.3, -0.25) is 14.2 Å². The molecular weight excluding hydrogens is 352 g/mol. The number of benzene rings is 3. The first-order chi connectivity index (χ1) is 13.7. The molecule has 1 unspecified atom stereocenters. The van der Waals surface area contributed by atoms with E-state index < -0.39 is 17.2 Å². The van der Waals surface area contributed by atoms with E-state index in [2.05, 4.69) is 10.0 Å². The Morgan fingerprint density at radius 1 is 0.893 bits per heavy atom. The first-order valence-corrected chi connectivity index (χ1v) is 8.89. The second-order valence-corrected chi connectivity index (χ2v) is 6.90. The van der Waals surface area contributed by atoms with Gasteiger partial charge >= 0.3 is 0 Å². The predicted octanol–water partition coefficient (Wildman–Crippen LogP) is 4.92. The van der Waals surface area contributed by atoms with E-state index in [1.807, 2.05) is 60.7 Å². The molecule has 0 spiro atoms. The Bertz CT molecular complexity index is 1330. The van der Waals surface area contributed by atoms with Gasteiger partial charge in [0.2, 0.25) is 0 Å². The molecule has 134 valence electrons. The molecule has 0 fully saturated rings. The van der Waals surface area contributed by atoms with E-state index in [9.17, 15) is 15.1 Å². The van der Waals surface area contributed by atoms with Gasteiger partial charge < -0.3 is 0 Å². The molecule has 28 heavy (non-hydrogen) atoms. The van der Waals surface area contributed by atoms with Crippen LogP contribution < -0.4 is 0 Å². The summed E-state index contributed by atoms with van der Waals surface area (Å²) in [7, 11) is 0. The maximum Gasteiger partial charge on any atom is 0.252 e. The Kier molecular flexibility index (Phi) is 3.38. The van der Waals surface area contributed by atoms with Crippen molar-refractivity contribution in [2.45, 2.75) is 12.0 Å². The molecule has 0 bridgehead atoms. The molecule has 1 aliphatic rings. The van der Waals surface area contributed by atoms with E-state index in [1.54, 1.807) is 16.7 Å². The molecule has 5 rings (SSSR count). The van der Waals surface area contributed by atoms with Gasteiger partial charge in [0.05, 0.1) is 11.0 Å². The van der Waals surface area contributed by atoms with Crippen molar-refractivity contribution in [3.05, 3.63) is 94.4 Å². The van der Waals surface area contributed by atoms with Crippen molar-refractivity contribution in [3.8, 4) is 0 Å². The molecule has 2 heterocycles. The molecule has 0 radical (unpaired) electrons. The van der Waals surface area contributed by atoms with E-state index in [4.69, 9.17) is 0 Å². The second kappa shape index (κ2) is 5.81. The highest BCUT2D eigenvalue weighted by Crippen LogP contribution is 2.40. The molecule has 0 saturated heterocycles. The van der Waals surface area contributed by atoms with Crippen LogP contribution in [0.3, 0.4) is 0 Å². The van der Waals surface area contributed by atoms with Crippen LogP contribution in [-0.4, -0.2) is 21.8 Å². The Labute approximate surface area is 159 Å². The van der Waals surface area contributed by atoms with Crippen molar-refractivity contribution in [3.63, 3.8) is 0 Å². The summed E-state index contributed by atoms with van der Waals surface area (Å²) in [6.45, 7) is 0. The third-order valence-electron chi connectivity index (χ3n) is 5.39. The summed E-state index contributed by atoms with van der Waals surface area (Å²) in [5, 5.41) is 5.53. The number of fused-ring (bicyclic) bond motifs is 3. The molecule has 4 aromatic rings. The predicted molar refractivity (Wildman–Crippen MR) is 106 cm³/mol. The molecule has 0 N–H and O–H groups in total. The largest absolute Gasteiger partial charge is 0.293 e. The zero-order valence-corrected chi connectivity index (χ0v) is 14.7.